The average molecular weight is 505 g/mol. The van der Waals surface area contributed by atoms with E-state index >= 15 is 0 Å². The third kappa shape index (κ3) is 4.70. The van der Waals surface area contributed by atoms with Crippen molar-refractivity contribution in [3.05, 3.63) is 84.8 Å². The number of nitrogens with zero attached hydrogens (tertiary/aromatic N) is 1. The van der Waals surface area contributed by atoms with E-state index in [1.165, 1.54) is 6.92 Å². The number of rotatable bonds is 6. The van der Waals surface area contributed by atoms with Crippen molar-refractivity contribution in [1.82, 2.24) is 4.57 Å². The van der Waals surface area contributed by atoms with Crippen molar-refractivity contribution in [2.45, 2.75) is 27.7 Å². The summed E-state index contributed by atoms with van der Waals surface area (Å²) in [4.78, 5) is 24.6. The summed E-state index contributed by atoms with van der Waals surface area (Å²) in [7, 11) is 0. The molecule has 3 rings (SSSR count). The van der Waals surface area contributed by atoms with E-state index in [1.54, 1.807) is 6.92 Å². The zero-order valence-corrected chi connectivity index (χ0v) is 19.1. The van der Waals surface area contributed by atoms with Gasteiger partial charge in [0, 0.05) is 0 Å². The van der Waals surface area contributed by atoms with Gasteiger partial charge < -0.3 is 0 Å². The van der Waals surface area contributed by atoms with Crippen molar-refractivity contribution >= 4 is 32.2 Å². The Morgan fingerprint density at radius 1 is 1.00 bits per heavy atom. The summed E-state index contributed by atoms with van der Waals surface area (Å²) in [5.41, 5.74) is 3.32. The third-order valence-electron chi connectivity index (χ3n) is 4.26. The maximum absolute atomic E-state index is 12.7. The molecule has 0 spiro atoms. The molecule has 0 aliphatic heterocycles. The first-order valence-electron chi connectivity index (χ1n) is 9.32. The Morgan fingerprint density at radius 2 is 1.66 bits per heavy atom. The molecule has 0 fully saturated rings. The van der Waals surface area contributed by atoms with Crippen LogP contribution >= 0.6 is 20.2 Å². The van der Waals surface area contributed by atoms with Crippen LogP contribution in [0.4, 0.5) is 0 Å². The molecule has 0 aliphatic rings. The van der Waals surface area contributed by atoms with E-state index in [1.807, 2.05) is 79.1 Å². The molecule has 0 saturated carbocycles. The number of aromatic nitrogens is 1. The molecule has 0 amide bonds. The molecule has 29 heavy (non-hydrogen) atoms. The third-order valence-corrected chi connectivity index (χ3v) is 9.32. The second-order valence-corrected chi connectivity index (χ2v) is 10.7. The van der Waals surface area contributed by atoms with Gasteiger partial charge in [0.15, 0.2) is 0 Å². The summed E-state index contributed by atoms with van der Waals surface area (Å²) in [6.07, 6.45) is 0. The number of hydrogen-bond donors (Lipinski definition) is 0. The van der Waals surface area contributed by atoms with Gasteiger partial charge in [-0.1, -0.05) is 0 Å². The fourth-order valence-electron chi connectivity index (χ4n) is 2.97. The van der Waals surface area contributed by atoms with Gasteiger partial charge in [-0.3, -0.25) is 0 Å². The number of ether oxygens (including phenoxy) is 1. The number of carbonyl (C=O) groups is 2. The molecule has 0 aliphatic carbocycles. The van der Waals surface area contributed by atoms with Crippen LogP contribution in [0.2, 0.25) is 0 Å². The number of halogens is 1. The van der Waals surface area contributed by atoms with Crippen LogP contribution in [0, 0.1) is 21.0 Å². The van der Waals surface area contributed by atoms with Crippen molar-refractivity contribution in [2.75, 3.05) is 6.61 Å². The summed E-state index contributed by atoms with van der Waals surface area (Å²) in [6.45, 7) is 7.47. The SMILES string of the molecule is CCOC(=O)c1cc(I(OC(C)=O)c2ccccc2)c(C)n1-c1ccc(C)cc1. The van der Waals surface area contributed by atoms with Crippen LogP contribution in [0.25, 0.3) is 5.69 Å². The number of hydrogen-bond acceptors (Lipinski definition) is 4. The van der Waals surface area contributed by atoms with Gasteiger partial charge in [-0.25, -0.2) is 0 Å². The van der Waals surface area contributed by atoms with Crippen LogP contribution in [0.5, 0.6) is 0 Å². The van der Waals surface area contributed by atoms with Crippen LogP contribution in [-0.4, -0.2) is 23.1 Å². The Labute approximate surface area is 178 Å². The first-order chi connectivity index (χ1) is 13.9. The second kappa shape index (κ2) is 9.26. The number of benzene rings is 2. The number of aryl methyl sites for hydroxylation is 1. The fourth-order valence-corrected chi connectivity index (χ4v) is 7.35. The Bertz CT molecular complexity index is 1010. The van der Waals surface area contributed by atoms with Gasteiger partial charge >= 0.3 is 179 Å². The average Bonchev–Trinajstić information content (AvgIpc) is 3.04. The van der Waals surface area contributed by atoms with Crippen molar-refractivity contribution < 1.29 is 17.4 Å². The molecule has 6 heteroatoms. The molecule has 5 nitrogen and oxygen atoms in total. The molecule has 0 saturated heterocycles. The van der Waals surface area contributed by atoms with Gasteiger partial charge in [0.2, 0.25) is 0 Å². The van der Waals surface area contributed by atoms with Crippen molar-refractivity contribution in [3.8, 4) is 5.69 Å². The van der Waals surface area contributed by atoms with Crippen LogP contribution in [0.15, 0.2) is 60.7 Å². The maximum atomic E-state index is 12.7. The fraction of sp³-hybridized carbons (Fsp3) is 0.217. The quantitative estimate of drug-likeness (QED) is 0.337. The zero-order chi connectivity index (χ0) is 21.0. The molecule has 2 aromatic carbocycles. The van der Waals surface area contributed by atoms with E-state index in [4.69, 9.17) is 7.80 Å². The summed E-state index contributed by atoms with van der Waals surface area (Å²) >= 11 is -2.55. The van der Waals surface area contributed by atoms with Crippen molar-refractivity contribution in [1.29, 1.82) is 0 Å². The molecule has 0 radical (unpaired) electrons. The minimum atomic E-state index is -2.55. The Balaban J connectivity index is 2.20. The zero-order valence-electron chi connectivity index (χ0n) is 16.9. The second-order valence-electron chi connectivity index (χ2n) is 6.47. The molecule has 0 unspecified atom stereocenters. The van der Waals surface area contributed by atoms with Gasteiger partial charge in [-0.05, 0) is 0 Å². The summed E-state index contributed by atoms with van der Waals surface area (Å²) < 4.78 is 14.9. The molecule has 0 N–H and O–H groups in total. The normalized spacial score (nSPS) is 11.1. The van der Waals surface area contributed by atoms with Gasteiger partial charge in [0.25, 0.3) is 0 Å². The van der Waals surface area contributed by atoms with Crippen LogP contribution in [0.1, 0.15) is 35.6 Å². The molecule has 1 aromatic heterocycles. The Kier molecular flexibility index (Phi) is 6.74. The topological polar surface area (TPSA) is 57.5 Å². The van der Waals surface area contributed by atoms with Crippen molar-refractivity contribution in [2.24, 2.45) is 0 Å². The molecule has 152 valence electrons. The molecule has 3 aromatic rings. The first kappa shape index (κ1) is 21.1. The molecule has 0 atom stereocenters. The van der Waals surface area contributed by atoms with Gasteiger partial charge in [-0.2, -0.15) is 0 Å². The minimum absolute atomic E-state index is 0.289. The van der Waals surface area contributed by atoms with E-state index in [9.17, 15) is 9.59 Å². The van der Waals surface area contributed by atoms with Crippen molar-refractivity contribution in [3.63, 3.8) is 0 Å². The summed E-state index contributed by atoms with van der Waals surface area (Å²) in [5, 5.41) is 0. The van der Waals surface area contributed by atoms with E-state index in [-0.39, 0.29) is 12.6 Å². The van der Waals surface area contributed by atoms with Gasteiger partial charge in [0.1, 0.15) is 0 Å². The van der Waals surface area contributed by atoms with E-state index < -0.39 is 26.2 Å². The van der Waals surface area contributed by atoms with E-state index in [0.717, 1.165) is 24.1 Å². The van der Waals surface area contributed by atoms with Gasteiger partial charge in [-0.15, -0.1) is 0 Å². The predicted molar refractivity (Wildman–Crippen MR) is 121 cm³/mol. The number of esters is 1. The van der Waals surface area contributed by atoms with E-state index in [0.29, 0.717) is 5.69 Å². The molecular weight excluding hydrogens is 481 g/mol. The summed E-state index contributed by atoms with van der Waals surface area (Å²) in [6, 6.07) is 19.5. The van der Waals surface area contributed by atoms with E-state index in [2.05, 4.69) is 0 Å². The summed E-state index contributed by atoms with van der Waals surface area (Å²) in [5.74, 6) is -0.714. The van der Waals surface area contributed by atoms with Crippen LogP contribution in [0.3, 0.4) is 0 Å². The Hall–Kier alpha value is -2.61. The van der Waals surface area contributed by atoms with Crippen LogP contribution in [-0.2, 0) is 12.6 Å². The number of carbonyl (C=O) groups excluding carboxylic acids is 2. The molecule has 1 heterocycles. The Morgan fingerprint density at radius 3 is 2.24 bits per heavy atom. The van der Waals surface area contributed by atoms with Crippen LogP contribution < -0.4 is 0 Å². The predicted octanol–water partition coefficient (Wildman–Crippen LogP) is 5.29. The monoisotopic (exact) mass is 505 g/mol. The molecular formula is C23H24INO4. The van der Waals surface area contributed by atoms with Gasteiger partial charge in [0.05, 0.1) is 0 Å². The first-order valence-corrected chi connectivity index (χ1v) is 12.4. The standard InChI is InChI=1S/C23H24INO4/c1-5-28-23(27)22-15-21(17(3)25(22)20-13-11-16(2)12-14-20)24(29-18(4)26)19-9-7-6-8-10-19/h6-15H,5H2,1-4H3. The molecule has 0 bridgehead atoms.